The molecule has 3 rings (SSSR count). The minimum atomic E-state index is -0.531. The molecule has 1 amide bonds. The number of carbonyl (C=O) groups excluding carboxylic acids is 1. The van der Waals surface area contributed by atoms with Crippen molar-refractivity contribution in [2.45, 2.75) is 32.1 Å². The summed E-state index contributed by atoms with van der Waals surface area (Å²) in [5, 5.41) is 26.6. The predicted octanol–water partition coefficient (Wildman–Crippen LogP) is 4.51. The zero-order valence-corrected chi connectivity index (χ0v) is 18.5. The molecule has 0 aliphatic heterocycles. The van der Waals surface area contributed by atoms with Crippen LogP contribution in [0.15, 0.2) is 47.6 Å². The summed E-state index contributed by atoms with van der Waals surface area (Å²) in [7, 11) is 0. The fraction of sp³-hybridized carbons (Fsp3) is 0.250. The van der Waals surface area contributed by atoms with E-state index in [9.17, 15) is 14.9 Å². The van der Waals surface area contributed by atoms with Gasteiger partial charge in [-0.25, -0.2) is 0 Å². The summed E-state index contributed by atoms with van der Waals surface area (Å²) in [5.41, 5.74) is 1.89. The van der Waals surface area contributed by atoms with Gasteiger partial charge >= 0.3 is 0 Å². The van der Waals surface area contributed by atoms with Crippen LogP contribution in [-0.4, -0.2) is 31.3 Å². The van der Waals surface area contributed by atoms with Crippen LogP contribution in [0.25, 0.3) is 0 Å². The first kappa shape index (κ1) is 22.6. The van der Waals surface area contributed by atoms with Crippen molar-refractivity contribution in [1.82, 2.24) is 14.8 Å². The largest absolute Gasteiger partial charge is 0.378 e. The number of aryl methyl sites for hydroxylation is 1. The molecule has 9 nitrogen and oxygen atoms in total. The number of carbonyl (C=O) groups is 1. The van der Waals surface area contributed by atoms with Gasteiger partial charge in [0, 0.05) is 23.3 Å². The summed E-state index contributed by atoms with van der Waals surface area (Å²) >= 11 is 7.38. The zero-order chi connectivity index (χ0) is 22.4. The van der Waals surface area contributed by atoms with Crippen molar-refractivity contribution in [1.29, 1.82) is 0 Å². The summed E-state index contributed by atoms with van der Waals surface area (Å²) in [6.45, 7) is 4.98. The number of halogens is 1. The van der Waals surface area contributed by atoms with Crippen LogP contribution in [-0.2, 0) is 17.9 Å². The number of thioether (sulfide) groups is 1. The normalized spacial score (nSPS) is 10.7. The maximum atomic E-state index is 12.3. The number of rotatable bonds is 9. The molecule has 2 N–H and O–H groups in total. The second-order valence-electron chi connectivity index (χ2n) is 6.57. The molecule has 0 aliphatic carbocycles. The molecule has 0 bridgehead atoms. The fourth-order valence-corrected chi connectivity index (χ4v) is 3.81. The molecule has 31 heavy (non-hydrogen) atoms. The predicted molar refractivity (Wildman–Crippen MR) is 122 cm³/mol. The Labute approximate surface area is 188 Å². The highest BCUT2D eigenvalue weighted by Gasteiger charge is 2.17. The molecule has 0 fully saturated rings. The molecule has 0 saturated carbocycles. The lowest BCUT2D eigenvalue weighted by Crippen LogP contribution is -2.16. The Morgan fingerprint density at radius 3 is 2.74 bits per heavy atom. The average Bonchev–Trinajstić information content (AvgIpc) is 3.15. The van der Waals surface area contributed by atoms with Gasteiger partial charge in [-0.3, -0.25) is 14.9 Å². The lowest BCUT2D eigenvalue weighted by molar-refractivity contribution is -0.383. The number of nitrogens with zero attached hydrogens (tertiary/aromatic N) is 4. The van der Waals surface area contributed by atoms with Crippen LogP contribution in [0.2, 0.25) is 5.02 Å². The number of hydrogen-bond acceptors (Lipinski definition) is 7. The highest BCUT2D eigenvalue weighted by molar-refractivity contribution is 7.99. The molecule has 1 heterocycles. The SMILES string of the molecule is CCn1c(CNc2ccc(C)c(Cl)c2)nnc1SCC(=O)Nc1ccccc1[N+](=O)[O-]. The smallest absolute Gasteiger partial charge is 0.292 e. The highest BCUT2D eigenvalue weighted by Crippen LogP contribution is 2.25. The molecule has 162 valence electrons. The molecule has 11 heteroatoms. The van der Waals surface area contributed by atoms with Gasteiger partial charge in [-0.15, -0.1) is 10.2 Å². The Hall–Kier alpha value is -3.11. The van der Waals surface area contributed by atoms with Crippen LogP contribution >= 0.6 is 23.4 Å². The van der Waals surface area contributed by atoms with Gasteiger partial charge in [0.15, 0.2) is 11.0 Å². The van der Waals surface area contributed by atoms with Crippen LogP contribution in [0.1, 0.15) is 18.3 Å². The number of hydrogen-bond donors (Lipinski definition) is 2. The molecule has 0 saturated heterocycles. The standard InChI is InChI=1S/C20H21ClN6O3S/c1-3-26-18(11-22-14-9-8-13(2)15(21)10-14)24-25-20(26)31-12-19(28)23-16-6-4-5-7-17(16)27(29)30/h4-10,22H,3,11-12H2,1-2H3,(H,23,28). The lowest BCUT2D eigenvalue weighted by Gasteiger charge is -2.10. The number of aromatic nitrogens is 3. The molecule has 3 aromatic rings. The zero-order valence-electron chi connectivity index (χ0n) is 17.0. The fourth-order valence-electron chi connectivity index (χ4n) is 2.81. The Bertz CT molecular complexity index is 1100. The molecule has 0 atom stereocenters. The topological polar surface area (TPSA) is 115 Å². The third-order valence-electron chi connectivity index (χ3n) is 4.44. The van der Waals surface area contributed by atoms with Crippen LogP contribution in [0.5, 0.6) is 0 Å². The van der Waals surface area contributed by atoms with E-state index in [2.05, 4.69) is 20.8 Å². The number of nitro benzene ring substituents is 1. The lowest BCUT2D eigenvalue weighted by atomic mass is 10.2. The first-order valence-corrected chi connectivity index (χ1v) is 10.8. The Kier molecular flexibility index (Phi) is 7.48. The van der Waals surface area contributed by atoms with Crippen molar-refractivity contribution >= 4 is 46.3 Å². The number of amides is 1. The third kappa shape index (κ3) is 5.74. The highest BCUT2D eigenvalue weighted by atomic mass is 35.5. The second-order valence-corrected chi connectivity index (χ2v) is 7.92. The van der Waals surface area contributed by atoms with Gasteiger partial charge in [-0.2, -0.15) is 0 Å². The molecular formula is C20H21ClN6O3S. The number of nitrogens with one attached hydrogen (secondary N) is 2. The first-order chi connectivity index (χ1) is 14.9. The molecular weight excluding hydrogens is 440 g/mol. The van der Waals surface area contributed by atoms with E-state index in [0.29, 0.717) is 23.3 Å². The van der Waals surface area contributed by atoms with E-state index in [4.69, 9.17) is 11.6 Å². The van der Waals surface area contributed by atoms with E-state index in [1.54, 1.807) is 12.1 Å². The summed E-state index contributed by atoms with van der Waals surface area (Å²) in [4.78, 5) is 22.9. The number of para-hydroxylation sites is 2. The maximum absolute atomic E-state index is 12.3. The van der Waals surface area contributed by atoms with Crippen molar-refractivity contribution in [3.8, 4) is 0 Å². The van der Waals surface area contributed by atoms with Crippen LogP contribution in [0.3, 0.4) is 0 Å². The molecule has 0 radical (unpaired) electrons. The van der Waals surface area contributed by atoms with Gasteiger partial charge in [-0.05, 0) is 37.6 Å². The summed E-state index contributed by atoms with van der Waals surface area (Å²) in [6.07, 6.45) is 0. The van der Waals surface area contributed by atoms with Crippen molar-refractivity contribution < 1.29 is 9.72 Å². The Balaban J connectivity index is 1.61. The number of benzene rings is 2. The van der Waals surface area contributed by atoms with Crippen LogP contribution in [0.4, 0.5) is 17.1 Å². The van der Waals surface area contributed by atoms with Gasteiger partial charge in [0.2, 0.25) is 5.91 Å². The van der Waals surface area contributed by atoms with E-state index < -0.39 is 4.92 Å². The summed E-state index contributed by atoms with van der Waals surface area (Å²) in [5.74, 6) is 0.408. The van der Waals surface area contributed by atoms with E-state index >= 15 is 0 Å². The maximum Gasteiger partial charge on any atom is 0.292 e. The quantitative estimate of drug-likeness (QED) is 0.274. The molecule has 0 unspecified atom stereocenters. The molecule has 2 aromatic carbocycles. The van der Waals surface area contributed by atoms with Crippen molar-refractivity contribution in [2.24, 2.45) is 0 Å². The van der Waals surface area contributed by atoms with Gasteiger partial charge < -0.3 is 15.2 Å². The Morgan fingerprint density at radius 2 is 2.03 bits per heavy atom. The van der Waals surface area contributed by atoms with E-state index in [1.165, 1.54) is 23.9 Å². The van der Waals surface area contributed by atoms with Gasteiger partial charge in [0.1, 0.15) is 5.69 Å². The van der Waals surface area contributed by atoms with Crippen molar-refractivity contribution in [3.63, 3.8) is 0 Å². The molecule has 0 spiro atoms. The van der Waals surface area contributed by atoms with Crippen molar-refractivity contribution in [3.05, 3.63) is 69.0 Å². The van der Waals surface area contributed by atoms with Gasteiger partial charge in [0.25, 0.3) is 5.69 Å². The second kappa shape index (κ2) is 10.3. The van der Waals surface area contributed by atoms with E-state index in [1.807, 2.05) is 36.6 Å². The number of anilines is 2. The summed E-state index contributed by atoms with van der Waals surface area (Å²) in [6, 6.07) is 11.7. The minimum Gasteiger partial charge on any atom is -0.378 e. The van der Waals surface area contributed by atoms with Gasteiger partial charge in [-0.1, -0.05) is 41.6 Å². The van der Waals surface area contributed by atoms with Crippen LogP contribution in [0, 0.1) is 17.0 Å². The Morgan fingerprint density at radius 1 is 1.26 bits per heavy atom. The van der Waals surface area contributed by atoms with E-state index in [0.717, 1.165) is 17.1 Å². The van der Waals surface area contributed by atoms with Gasteiger partial charge in [0.05, 0.1) is 17.2 Å². The molecule has 1 aromatic heterocycles. The monoisotopic (exact) mass is 460 g/mol. The summed E-state index contributed by atoms with van der Waals surface area (Å²) < 4.78 is 1.91. The van der Waals surface area contributed by atoms with E-state index in [-0.39, 0.29) is 23.0 Å². The minimum absolute atomic E-state index is 0.0468. The molecule has 0 aliphatic rings. The van der Waals surface area contributed by atoms with Crippen molar-refractivity contribution in [2.75, 3.05) is 16.4 Å². The van der Waals surface area contributed by atoms with Crippen LogP contribution < -0.4 is 10.6 Å². The average molecular weight is 461 g/mol. The first-order valence-electron chi connectivity index (χ1n) is 9.47. The third-order valence-corrected chi connectivity index (χ3v) is 5.81. The number of nitro groups is 1.